The third-order valence-electron chi connectivity index (χ3n) is 4.78. The number of piperidine rings is 1. The molecule has 1 fully saturated rings. The molecule has 7 nitrogen and oxygen atoms in total. The van der Waals surface area contributed by atoms with Gasteiger partial charge in [0.1, 0.15) is 5.56 Å². The zero-order valence-corrected chi connectivity index (χ0v) is 16.3. The van der Waals surface area contributed by atoms with Gasteiger partial charge in [0.15, 0.2) is 0 Å². The highest BCUT2D eigenvalue weighted by Gasteiger charge is 2.29. The van der Waals surface area contributed by atoms with Crippen molar-refractivity contribution >= 4 is 29.3 Å². The lowest BCUT2D eigenvalue weighted by Crippen LogP contribution is -2.46. The Bertz CT molecular complexity index is 880. The average molecular weight is 399 g/mol. The Labute approximate surface area is 167 Å². The number of hydrogen-bond donors (Lipinski definition) is 1. The van der Waals surface area contributed by atoms with Crippen molar-refractivity contribution in [3.63, 3.8) is 0 Å². The Balaban J connectivity index is 1.64. The predicted octanol–water partition coefficient (Wildman–Crippen LogP) is 3.35. The van der Waals surface area contributed by atoms with Crippen molar-refractivity contribution in [3.05, 3.63) is 69.8 Å². The summed E-state index contributed by atoms with van der Waals surface area (Å²) in [7, 11) is 0. The molecule has 1 saturated heterocycles. The molecule has 3 rings (SSSR count). The molecule has 8 heteroatoms. The number of carbonyl (C=O) groups excluding carboxylic acids is 2. The number of likely N-dealkylation sites (tertiary alicyclic amines) is 1. The van der Waals surface area contributed by atoms with E-state index in [0.29, 0.717) is 31.5 Å². The van der Waals surface area contributed by atoms with Crippen LogP contribution in [0.1, 0.15) is 33.6 Å². The standard InChI is InChI=1S/C20H21N3O4S/c1-28-16-7-8-18(23(26)27)17(13-16)20(25)22-11-9-15(10-12-22)21-19(24)14-5-3-2-4-6-14/h2-8,13,15H,9-12H2,1H3,(H,21,24). The molecule has 0 atom stereocenters. The number of nitro benzene ring substituents is 1. The van der Waals surface area contributed by atoms with Gasteiger partial charge < -0.3 is 10.2 Å². The van der Waals surface area contributed by atoms with Gasteiger partial charge in [0.05, 0.1) is 4.92 Å². The van der Waals surface area contributed by atoms with Crippen LogP contribution in [0.3, 0.4) is 0 Å². The maximum absolute atomic E-state index is 12.9. The van der Waals surface area contributed by atoms with Gasteiger partial charge in [-0.1, -0.05) is 18.2 Å². The molecular weight excluding hydrogens is 378 g/mol. The minimum absolute atomic E-state index is 0.0238. The van der Waals surface area contributed by atoms with Gasteiger partial charge in [0.25, 0.3) is 17.5 Å². The van der Waals surface area contributed by atoms with E-state index in [-0.39, 0.29) is 29.1 Å². The summed E-state index contributed by atoms with van der Waals surface area (Å²) in [5.74, 6) is -0.468. The molecule has 1 aliphatic rings. The molecular formula is C20H21N3O4S. The van der Waals surface area contributed by atoms with Crippen LogP contribution in [-0.2, 0) is 0 Å². The van der Waals surface area contributed by atoms with E-state index in [4.69, 9.17) is 0 Å². The maximum atomic E-state index is 12.9. The van der Waals surface area contributed by atoms with E-state index in [1.54, 1.807) is 29.2 Å². The van der Waals surface area contributed by atoms with E-state index in [2.05, 4.69) is 5.32 Å². The van der Waals surface area contributed by atoms with E-state index in [1.165, 1.54) is 17.8 Å². The van der Waals surface area contributed by atoms with Crippen LogP contribution in [0.4, 0.5) is 5.69 Å². The maximum Gasteiger partial charge on any atom is 0.282 e. The molecule has 146 valence electrons. The second kappa shape index (κ2) is 8.88. The summed E-state index contributed by atoms with van der Waals surface area (Å²) in [5, 5.41) is 14.3. The number of nitro groups is 1. The number of benzene rings is 2. The van der Waals surface area contributed by atoms with Crippen molar-refractivity contribution in [2.24, 2.45) is 0 Å². The summed E-state index contributed by atoms with van der Waals surface area (Å²) in [6.45, 7) is 0.887. The van der Waals surface area contributed by atoms with E-state index < -0.39 is 4.92 Å². The molecule has 0 aliphatic carbocycles. The molecule has 1 heterocycles. The Morgan fingerprint density at radius 1 is 1.14 bits per heavy atom. The first-order chi connectivity index (χ1) is 13.5. The van der Waals surface area contributed by atoms with Crippen LogP contribution in [0.2, 0.25) is 0 Å². The molecule has 0 radical (unpaired) electrons. The van der Waals surface area contributed by atoms with Crippen LogP contribution >= 0.6 is 11.8 Å². The van der Waals surface area contributed by atoms with E-state index in [1.807, 2.05) is 24.5 Å². The monoisotopic (exact) mass is 399 g/mol. The fraction of sp³-hybridized carbons (Fsp3) is 0.300. The van der Waals surface area contributed by atoms with Gasteiger partial charge in [-0.05, 0) is 43.4 Å². The number of amides is 2. The lowest BCUT2D eigenvalue weighted by Gasteiger charge is -2.32. The molecule has 0 saturated carbocycles. The van der Waals surface area contributed by atoms with Crippen LogP contribution in [0.5, 0.6) is 0 Å². The van der Waals surface area contributed by atoms with Crippen molar-refractivity contribution in [1.29, 1.82) is 0 Å². The van der Waals surface area contributed by atoms with Crippen molar-refractivity contribution in [3.8, 4) is 0 Å². The molecule has 2 aromatic rings. The normalized spacial score (nSPS) is 14.5. The molecule has 2 aromatic carbocycles. The number of rotatable bonds is 5. The first-order valence-corrected chi connectivity index (χ1v) is 10.2. The summed E-state index contributed by atoms with van der Waals surface area (Å²) < 4.78 is 0. The summed E-state index contributed by atoms with van der Waals surface area (Å²) in [6, 6.07) is 13.6. The van der Waals surface area contributed by atoms with Crippen LogP contribution in [-0.4, -0.2) is 47.0 Å². The molecule has 0 aromatic heterocycles. The van der Waals surface area contributed by atoms with Gasteiger partial charge in [0.2, 0.25) is 0 Å². The summed E-state index contributed by atoms with van der Waals surface area (Å²) in [6.07, 6.45) is 3.08. The molecule has 1 N–H and O–H groups in total. The van der Waals surface area contributed by atoms with Gasteiger partial charge in [-0.2, -0.15) is 0 Å². The van der Waals surface area contributed by atoms with Crippen molar-refractivity contribution in [1.82, 2.24) is 10.2 Å². The molecule has 0 unspecified atom stereocenters. The van der Waals surface area contributed by atoms with Crippen LogP contribution in [0.15, 0.2) is 53.4 Å². The minimum atomic E-state index is -0.524. The third-order valence-corrected chi connectivity index (χ3v) is 5.51. The second-order valence-corrected chi connectivity index (χ2v) is 7.43. The summed E-state index contributed by atoms with van der Waals surface area (Å²) >= 11 is 1.43. The summed E-state index contributed by atoms with van der Waals surface area (Å²) in [4.78, 5) is 38.3. The number of thioether (sulfide) groups is 1. The molecule has 2 amide bonds. The second-order valence-electron chi connectivity index (χ2n) is 6.55. The van der Waals surface area contributed by atoms with Crippen molar-refractivity contribution in [2.75, 3.05) is 19.3 Å². The van der Waals surface area contributed by atoms with Gasteiger partial charge >= 0.3 is 0 Å². The first-order valence-electron chi connectivity index (χ1n) is 8.97. The fourth-order valence-corrected chi connectivity index (χ4v) is 3.67. The number of nitrogens with one attached hydrogen (secondary N) is 1. The van der Waals surface area contributed by atoms with E-state index >= 15 is 0 Å². The van der Waals surface area contributed by atoms with Gasteiger partial charge in [0, 0.05) is 35.7 Å². The third kappa shape index (κ3) is 4.51. The fourth-order valence-electron chi connectivity index (χ4n) is 3.23. The molecule has 1 aliphatic heterocycles. The minimum Gasteiger partial charge on any atom is -0.349 e. The topological polar surface area (TPSA) is 92.6 Å². The van der Waals surface area contributed by atoms with Crippen molar-refractivity contribution in [2.45, 2.75) is 23.8 Å². The highest BCUT2D eigenvalue weighted by molar-refractivity contribution is 7.98. The predicted molar refractivity (Wildman–Crippen MR) is 108 cm³/mol. The van der Waals surface area contributed by atoms with Gasteiger partial charge in [-0.3, -0.25) is 19.7 Å². The SMILES string of the molecule is CSc1ccc([N+](=O)[O-])c(C(=O)N2CCC(NC(=O)c3ccccc3)CC2)c1. The number of hydrogen-bond acceptors (Lipinski definition) is 5. The largest absolute Gasteiger partial charge is 0.349 e. The van der Waals surface area contributed by atoms with E-state index in [9.17, 15) is 19.7 Å². The average Bonchev–Trinajstić information content (AvgIpc) is 2.73. The van der Waals surface area contributed by atoms with Gasteiger partial charge in [-0.25, -0.2) is 0 Å². The highest BCUT2D eigenvalue weighted by atomic mass is 32.2. The highest BCUT2D eigenvalue weighted by Crippen LogP contribution is 2.27. The molecule has 0 bridgehead atoms. The Hall–Kier alpha value is -2.87. The van der Waals surface area contributed by atoms with Crippen LogP contribution in [0.25, 0.3) is 0 Å². The lowest BCUT2D eigenvalue weighted by atomic mass is 10.0. The zero-order chi connectivity index (χ0) is 20.1. The van der Waals surface area contributed by atoms with Crippen LogP contribution < -0.4 is 5.32 Å². The van der Waals surface area contributed by atoms with E-state index in [0.717, 1.165) is 4.90 Å². The van der Waals surface area contributed by atoms with Crippen molar-refractivity contribution < 1.29 is 14.5 Å². The summed E-state index contributed by atoms with van der Waals surface area (Å²) in [5.41, 5.74) is 0.538. The van der Waals surface area contributed by atoms with Gasteiger partial charge in [-0.15, -0.1) is 11.8 Å². The molecule has 28 heavy (non-hydrogen) atoms. The zero-order valence-electron chi connectivity index (χ0n) is 15.5. The quantitative estimate of drug-likeness (QED) is 0.473. The smallest absolute Gasteiger partial charge is 0.282 e. The number of nitrogens with zero attached hydrogens (tertiary/aromatic N) is 2. The Morgan fingerprint density at radius 3 is 2.43 bits per heavy atom. The Kier molecular flexibility index (Phi) is 6.30. The first kappa shape index (κ1) is 19.9. The Morgan fingerprint density at radius 2 is 1.82 bits per heavy atom. The van der Waals surface area contributed by atoms with Crippen LogP contribution in [0, 0.1) is 10.1 Å². The number of carbonyl (C=O) groups is 2. The lowest BCUT2D eigenvalue weighted by molar-refractivity contribution is -0.385. The molecule has 0 spiro atoms.